The van der Waals surface area contributed by atoms with Gasteiger partial charge in [0.2, 0.25) is 0 Å². The van der Waals surface area contributed by atoms with Gasteiger partial charge in [0.15, 0.2) is 0 Å². The lowest BCUT2D eigenvalue weighted by atomic mass is 10.3. The number of carboxylic acid groups (broad SMARTS) is 1. The third-order valence-electron chi connectivity index (χ3n) is 1.82. The zero-order valence-electron chi connectivity index (χ0n) is 7.79. The molecule has 0 radical (unpaired) electrons. The molecule has 2 N–H and O–H groups in total. The van der Waals surface area contributed by atoms with E-state index in [0.717, 1.165) is 10.2 Å². The molecule has 0 aliphatic rings. The zero-order chi connectivity index (χ0) is 10.6. The third kappa shape index (κ3) is 3.77. The van der Waals surface area contributed by atoms with Gasteiger partial charge in [0.1, 0.15) is 6.04 Å². The highest BCUT2D eigenvalue weighted by molar-refractivity contribution is 9.11. The Bertz CT molecular complexity index is 314. The van der Waals surface area contributed by atoms with Crippen LogP contribution in [0.3, 0.4) is 0 Å². The smallest absolute Gasteiger partial charge is 0.320 e. The van der Waals surface area contributed by atoms with Crippen LogP contribution in [0.1, 0.15) is 11.8 Å². The Balaban J connectivity index is 2.25. The molecule has 0 fully saturated rings. The average Bonchev–Trinajstić information content (AvgIpc) is 2.51. The molecule has 0 saturated heterocycles. The fraction of sp³-hybridized carbons (Fsp3) is 0.444. The van der Waals surface area contributed by atoms with Crippen molar-refractivity contribution in [2.45, 2.75) is 19.4 Å². The molecule has 0 amide bonds. The standard InChI is InChI=1S/C9H12BrNO2S/c1-6(9(12)13)11-5-4-7-2-3-8(10)14-7/h2-3,6,11H,4-5H2,1H3,(H,12,13). The minimum Gasteiger partial charge on any atom is -0.480 e. The molecule has 1 atom stereocenters. The zero-order valence-corrected chi connectivity index (χ0v) is 10.2. The van der Waals surface area contributed by atoms with Crippen LogP contribution in [0.5, 0.6) is 0 Å². The molecule has 0 aromatic carbocycles. The van der Waals surface area contributed by atoms with Crippen LogP contribution in [0, 0.1) is 0 Å². The summed E-state index contributed by atoms with van der Waals surface area (Å²) >= 11 is 5.06. The lowest BCUT2D eigenvalue weighted by Gasteiger charge is -2.07. The molecule has 1 aromatic heterocycles. The van der Waals surface area contributed by atoms with Crippen molar-refractivity contribution in [2.75, 3.05) is 6.54 Å². The Labute approximate surface area is 95.3 Å². The molecule has 5 heteroatoms. The van der Waals surface area contributed by atoms with Crippen molar-refractivity contribution in [1.29, 1.82) is 0 Å². The molecule has 0 aliphatic heterocycles. The lowest BCUT2D eigenvalue weighted by Crippen LogP contribution is -2.34. The number of rotatable bonds is 5. The lowest BCUT2D eigenvalue weighted by molar-refractivity contribution is -0.138. The summed E-state index contributed by atoms with van der Waals surface area (Å²) in [7, 11) is 0. The van der Waals surface area contributed by atoms with Gasteiger partial charge in [-0.15, -0.1) is 11.3 Å². The molecule has 3 nitrogen and oxygen atoms in total. The number of carbonyl (C=O) groups is 1. The maximum absolute atomic E-state index is 10.5. The Kier molecular flexibility index (Phi) is 4.57. The highest BCUT2D eigenvalue weighted by Crippen LogP contribution is 2.21. The number of hydrogen-bond acceptors (Lipinski definition) is 3. The topological polar surface area (TPSA) is 49.3 Å². The number of carboxylic acids is 1. The summed E-state index contributed by atoms with van der Waals surface area (Å²) < 4.78 is 1.11. The number of aliphatic carboxylic acids is 1. The van der Waals surface area contributed by atoms with Crippen LogP contribution in [0.4, 0.5) is 0 Å². The number of halogens is 1. The Morgan fingerprint density at radius 1 is 1.71 bits per heavy atom. The minimum absolute atomic E-state index is 0.474. The van der Waals surface area contributed by atoms with Crippen LogP contribution in [0.2, 0.25) is 0 Å². The predicted octanol–water partition coefficient (Wildman–Crippen LogP) is 2.12. The summed E-state index contributed by atoms with van der Waals surface area (Å²) in [5.74, 6) is -0.808. The van der Waals surface area contributed by atoms with E-state index in [1.54, 1.807) is 18.3 Å². The van der Waals surface area contributed by atoms with E-state index in [4.69, 9.17) is 5.11 Å². The second-order valence-corrected chi connectivity index (χ2v) is 5.52. The van der Waals surface area contributed by atoms with Crippen molar-refractivity contribution in [3.05, 3.63) is 20.8 Å². The van der Waals surface area contributed by atoms with Crippen molar-refractivity contribution < 1.29 is 9.90 Å². The Morgan fingerprint density at radius 3 is 2.93 bits per heavy atom. The quantitative estimate of drug-likeness (QED) is 0.867. The highest BCUT2D eigenvalue weighted by Gasteiger charge is 2.08. The molecule has 14 heavy (non-hydrogen) atoms. The van der Waals surface area contributed by atoms with E-state index in [-0.39, 0.29) is 0 Å². The molecule has 1 aromatic rings. The van der Waals surface area contributed by atoms with Gasteiger partial charge >= 0.3 is 5.97 Å². The van der Waals surface area contributed by atoms with Gasteiger partial charge in [0.25, 0.3) is 0 Å². The van der Waals surface area contributed by atoms with Gasteiger partial charge in [-0.25, -0.2) is 0 Å². The maximum atomic E-state index is 10.5. The summed E-state index contributed by atoms with van der Waals surface area (Å²) in [5.41, 5.74) is 0. The molecule has 0 saturated carbocycles. The second kappa shape index (κ2) is 5.48. The predicted molar refractivity (Wildman–Crippen MR) is 60.8 cm³/mol. The van der Waals surface area contributed by atoms with Crippen LogP contribution in [-0.4, -0.2) is 23.7 Å². The van der Waals surface area contributed by atoms with Crippen molar-refractivity contribution in [3.8, 4) is 0 Å². The summed E-state index contributed by atoms with van der Waals surface area (Å²) in [6, 6.07) is 3.57. The van der Waals surface area contributed by atoms with E-state index in [1.807, 2.05) is 12.1 Å². The van der Waals surface area contributed by atoms with Crippen LogP contribution < -0.4 is 5.32 Å². The summed E-state index contributed by atoms with van der Waals surface area (Å²) in [6.07, 6.45) is 0.869. The summed E-state index contributed by atoms with van der Waals surface area (Å²) in [5, 5.41) is 11.5. The van der Waals surface area contributed by atoms with E-state index in [9.17, 15) is 4.79 Å². The van der Waals surface area contributed by atoms with Gasteiger partial charge < -0.3 is 10.4 Å². The first-order valence-corrected chi connectivity index (χ1v) is 5.91. The van der Waals surface area contributed by atoms with Gasteiger partial charge in [0, 0.05) is 11.4 Å². The number of hydrogen-bond donors (Lipinski definition) is 2. The minimum atomic E-state index is -0.808. The van der Waals surface area contributed by atoms with Crippen LogP contribution >= 0.6 is 27.3 Å². The van der Waals surface area contributed by atoms with Crippen molar-refractivity contribution in [3.63, 3.8) is 0 Å². The monoisotopic (exact) mass is 277 g/mol. The normalized spacial score (nSPS) is 12.7. The first-order valence-electron chi connectivity index (χ1n) is 4.30. The maximum Gasteiger partial charge on any atom is 0.320 e. The fourth-order valence-corrected chi connectivity index (χ4v) is 2.47. The number of nitrogens with one attached hydrogen (secondary N) is 1. The van der Waals surface area contributed by atoms with Gasteiger partial charge in [0.05, 0.1) is 3.79 Å². The SMILES string of the molecule is CC(NCCc1ccc(Br)s1)C(=O)O. The molecule has 0 spiro atoms. The van der Waals surface area contributed by atoms with Crippen molar-refractivity contribution in [2.24, 2.45) is 0 Å². The molecule has 1 rings (SSSR count). The molecular formula is C9H12BrNO2S. The van der Waals surface area contributed by atoms with Crippen molar-refractivity contribution >= 4 is 33.2 Å². The molecule has 1 unspecified atom stereocenters. The Morgan fingerprint density at radius 2 is 2.43 bits per heavy atom. The average molecular weight is 278 g/mol. The van der Waals surface area contributed by atoms with E-state index in [2.05, 4.69) is 21.2 Å². The molecule has 1 heterocycles. The van der Waals surface area contributed by atoms with Crippen molar-refractivity contribution in [1.82, 2.24) is 5.32 Å². The van der Waals surface area contributed by atoms with Crippen LogP contribution in [-0.2, 0) is 11.2 Å². The summed E-state index contributed by atoms with van der Waals surface area (Å²) in [6.45, 7) is 2.34. The Hall–Kier alpha value is -0.390. The molecule has 0 aliphatic carbocycles. The largest absolute Gasteiger partial charge is 0.480 e. The van der Waals surface area contributed by atoms with Gasteiger partial charge in [-0.3, -0.25) is 4.79 Å². The number of thiophene rings is 1. The van der Waals surface area contributed by atoms with Crippen LogP contribution in [0.25, 0.3) is 0 Å². The van der Waals surface area contributed by atoms with Gasteiger partial charge in [-0.05, 0) is 41.4 Å². The first-order chi connectivity index (χ1) is 6.59. The molecular weight excluding hydrogens is 266 g/mol. The molecule has 0 bridgehead atoms. The van der Waals surface area contributed by atoms with Crippen LogP contribution in [0.15, 0.2) is 15.9 Å². The van der Waals surface area contributed by atoms with E-state index >= 15 is 0 Å². The molecule has 78 valence electrons. The first kappa shape index (κ1) is 11.7. The second-order valence-electron chi connectivity index (χ2n) is 2.97. The van der Waals surface area contributed by atoms with E-state index in [1.165, 1.54) is 4.88 Å². The van der Waals surface area contributed by atoms with Gasteiger partial charge in [-0.1, -0.05) is 0 Å². The fourth-order valence-electron chi connectivity index (χ4n) is 0.985. The highest BCUT2D eigenvalue weighted by atomic mass is 79.9. The third-order valence-corrected chi connectivity index (χ3v) is 3.50. The summed E-state index contributed by atoms with van der Waals surface area (Å²) in [4.78, 5) is 11.7. The van der Waals surface area contributed by atoms with Gasteiger partial charge in [-0.2, -0.15) is 0 Å². The van der Waals surface area contributed by atoms with E-state index < -0.39 is 12.0 Å². The van der Waals surface area contributed by atoms with E-state index in [0.29, 0.717) is 6.54 Å².